The number of carbonyl (C=O) groups is 2. The minimum Gasteiger partial charge on any atom is -0.480 e. The Labute approximate surface area is 122 Å². The molecule has 1 unspecified atom stereocenters. The number of carboxylic acids is 1. The SMILES string of the molecule is CCCC(NC(=O)NCCCCCCC(C)C)C(=O)O. The molecule has 0 aliphatic rings. The van der Waals surface area contributed by atoms with E-state index in [1.165, 1.54) is 19.3 Å². The van der Waals surface area contributed by atoms with Gasteiger partial charge in [0.2, 0.25) is 0 Å². The van der Waals surface area contributed by atoms with Crippen molar-refractivity contribution in [1.82, 2.24) is 10.6 Å². The first kappa shape index (κ1) is 18.7. The van der Waals surface area contributed by atoms with E-state index in [0.29, 0.717) is 13.0 Å². The van der Waals surface area contributed by atoms with Gasteiger partial charge >= 0.3 is 12.0 Å². The number of urea groups is 1. The fourth-order valence-electron chi connectivity index (χ4n) is 1.99. The van der Waals surface area contributed by atoms with Crippen molar-refractivity contribution in [1.29, 1.82) is 0 Å². The van der Waals surface area contributed by atoms with Crippen LogP contribution in [0.5, 0.6) is 0 Å². The van der Waals surface area contributed by atoms with Gasteiger partial charge < -0.3 is 15.7 Å². The van der Waals surface area contributed by atoms with Crippen LogP contribution in [0.15, 0.2) is 0 Å². The van der Waals surface area contributed by atoms with Gasteiger partial charge in [-0.2, -0.15) is 0 Å². The van der Waals surface area contributed by atoms with Crippen LogP contribution in [-0.4, -0.2) is 29.7 Å². The van der Waals surface area contributed by atoms with Gasteiger partial charge in [-0.3, -0.25) is 0 Å². The Hall–Kier alpha value is -1.26. The number of carboxylic acid groups (broad SMARTS) is 1. The predicted molar refractivity (Wildman–Crippen MR) is 80.8 cm³/mol. The summed E-state index contributed by atoms with van der Waals surface area (Å²) in [5.41, 5.74) is 0. The first-order chi connectivity index (χ1) is 9.47. The lowest BCUT2D eigenvalue weighted by molar-refractivity contribution is -0.139. The normalized spacial score (nSPS) is 12.2. The lowest BCUT2D eigenvalue weighted by Crippen LogP contribution is -2.46. The zero-order chi connectivity index (χ0) is 15.4. The molecule has 0 heterocycles. The van der Waals surface area contributed by atoms with E-state index in [0.717, 1.165) is 25.2 Å². The predicted octanol–water partition coefficient (Wildman–Crippen LogP) is 3.15. The first-order valence-electron chi connectivity index (χ1n) is 7.74. The molecule has 20 heavy (non-hydrogen) atoms. The fourth-order valence-corrected chi connectivity index (χ4v) is 1.99. The molecule has 3 N–H and O–H groups in total. The van der Waals surface area contributed by atoms with Crippen LogP contribution >= 0.6 is 0 Å². The summed E-state index contributed by atoms with van der Waals surface area (Å²) >= 11 is 0. The van der Waals surface area contributed by atoms with Gasteiger partial charge in [-0.25, -0.2) is 9.59 Å². The summed E-state index contributed by atoms with van der Waals surface area (Å²) in [7, 11) is 0. The quantitative estimate of drug-likeness (QED) is 0.510. The van der Waals surface area contributed by atoms with Crippen LogP contribution in [0.3, 0.4) is 0 Å². The number of hydrogen-bond acceptors (Lipinski definition) is 2. The summed E-state index contributed by atoms with van der Waals surface area (Å²) in [6.07, 6.45) is 6.91. The van der Waals surface area contributed by atoms with Crippen molar-refractivity contribution in [3.8, 4) is 0 Å². The molecule has 1 atom stereocenters. The number of unbranched alkanes of at least 4 members (excludes halogenated alkanes) is 3. The molecule has 0 aromatic heterocycles. The van der Waals surface area contributed by atoms with Gasteiger partial charge in [0, 0.05) is 6.54 Å². The number of rotatable bonds is 11. The molecule has 0 bridgehead atoms. The molecular weight excluding hydrogens is 256 g/mol. The summed E-state index contributed by atoms with van der Waals surface area (Å²) in [6, 6.07) is -1.17. The van der Waals surface area contributed by atoms with E-state index in [1.54, 1.807) is 0 Å². The summed E-state index contributed by atoms with van der Waals surface area (Å²) in [5, 5.41) is 14.1. The number of carbonyl (C=O) groups excluding carboxylic acids is 1. The molecule has 118 valence electrons. The molecule has 2 amide bonds. The third-order valence-electron chi connectivity index (χ3n) is 3.17. The number of hydrogen-bond donors (Lipinski definition) is 3. The van der Waals surface area contributed by atoms with Crippen LogP contribution in [0.4, 0.5) is 4.79 Å². The van der Waals surface area contributed by atoms with E-state index in [4.69, 9.17) is 5.11 Å². The average molecular weight is 286 g/mol. The lowest BCUT2D eigenvalue weighted by atomic mass is 10.0. The summed E-state index contributed by atoms with van der Waals surface area (Å²) < 4.78 is 0. The van der Waals surface area contributed by atoms with Crippen LogP contribution in [0.2, 0.25) is 0 Å². The minimum absolute atomic E-state index is 0.381. The molecule has 0 saturated carbocycles. The maximum atomic E-state index is 11.5. The van der Waals surface area contributed by atoms with Gasteiger partial charge in [-0.15, -0.1) is 0 Å². The van der Waals surface area contributed by atoms with Gasteiger partial charge in [-0.1, -0.05) is 52.9 Å². The highest BCUT2D eigenvalue weighted by atomic mass is 16.4. The van der Waals surface area contributed by atoms with E-state index in [1.807, 2.05) is 6.92 Å². The van der Waals surface area contributed by atoms with Gasteiger partial charge in [-0.05, 0) is 18.8 Å². The first-order valence-corrected chi connectivity index (χ1v) is 7.74. The van der Waals surface area contributed by atoms with E-state index < -0.39 is 12.0 Å². The topological polar surface area (TPSA) is 78.4 Å². The Bertz CT molecular complexity index is 280. The second kappa shape index (κ2) is 11.6. The highest BCUT2D eigenvalue weighted by Crippen LogP contribution is 2.08. The number of aliphatic carboxylic acids is 1. The zero-order valence-corrected chi connectivity index (χ0v) is 13.1. The Morgan fingerprint density at radius 2 is 1.70 bits per heavy atom. The summed E-state index contributed by atoms with van der Waals surface area (Å²) in [6.45, 7) is 6.95. The van der Waals surface area contributed by atoms with Crippen molar-refractivity contribution in [3.63, 3.8) is 0 Å². The molecule has 0 aliphatic heterocycles. The van der Waals surface area contributed by atoms with Crippen molar-refractivity contribution < 1.29 is 14.7 Å². The monoisotopic (exact) mass is 286 g/mol. The van der Waals surface area contributed by atoms with Crippen molar-refractivity contribution in [2.45, 2.75) is 71.8 Å². The maximum Gasteiger partial charge on any atom is 0.326 e. The smallest absolute Gasteiger partial charge is 0.326 e. The van der Waals surface area contributed by atoms with Crippen molar-refractivity contribution in [2.75, 3.05) is 6.54 Å². The molecule has 0 saturated heterocycles. The van der Waals surface area contributed by atoms with Crippen molar-refractivity contribution >= 4 is 12.0 Å². The molecule has 0 rings (SSSR count). The van der Waals surface area contributed by atoms with Crippen molar-refractivity contribution in [2.24, 2.45) is 5.92 Å². The van der Waals surface area contributed by atoms with E-state index >= 15 is 0 Å². The molecule has 0 fully saturated rings. The van der Waals surface area contributed by atoms with Crippen LogP contribution < -0.4 is 10.6 Å². The van der Waals surface area contributed by atoms with Gasteiger partial charge in [0.25, 0.3) is 0 Å². The molecule has 5 heteroatoms. The second-order valence-electron chi connectivity index (χ2n) is 5.68. The maximum absolute atomic E-state index is 11.5. The standard InChI is InChI=1S/C15H30N2O3/c1-4-9-13(14(18)19)17-15(20)16-11-8-6-5-7-10-12(2)3/h12-13H,4-11H2,1-3H3,(H,18,19)(H2,16,17,20). The van der Waals surface area contributed by atoms with E-state index in [2.05, 4.69) is 24.5 Å². The number of amides is 2. The Balaban J connectivity index is 3.60. The van der Waals surface area contributed by atoms with Crippen LogP contribution in [0.1, 0.15) is 65.7 Å². The molecule has 0 aromatic rings. The van der Waals surface area contributed by atoms with Gasteiger partial charge in [0.05, 0.1) is 0 Å². The number of nitrogens with one attached hydrogen (secondary N) is 2. The summed E-state index contributed by atoms with van der Waals surface area (Å²) in [4.78, 5) is 22.4. The Kier molecular flexibility index (Phi) is 10.8. The molecule has 0 spiro atoms. The largest absolute Gasteiger partial charge is 0.480 e. The molecule has 0 radical (unpaired) electrons. The zero-order valence-electron chi connectivity index (χ0n) is 13.1. The minimum atomic E-state index is -0.976. The Morgan fingerprint density at radius 3 is 2.25 bits per heavy atom. The lowest BCUT2D eigenvalue weighted by Gasteiger charge is -2.14. The van der Waals surface area contributed by atoms with Crippen LogP contribution in [0.25, 0.3) is 0 Å². The van der Waals surface area contributed by atoms with Crippen LogP contribution in [-0.2, 0) is 4.79 Å². The molecule has 0 aliphatic carbocycles. The third kappa shape index (κ3) is 10.6. The average Bonchev–Trinajstić information content (AvgIpc) is 2.36. The van der Waals surface area contributed by atoms with E-state index in [-0.39, 0.29) is 6.03 Å². The van der Waals surface area contributed by atoms with Gasteiger partial charge in [0.1, 0.15) is 6.04 Å². The third-order valence-corrected chi connectivity index (χ3v) is 3.17. The highest BCUT2D eigenvalue weighted by molar-refractivity contribution is 5.82. The van der Waals surface area contributed by atoms with Gasteiger partial charge in [0.15, 0.2) is 0 Å². The summed E-state index contributed by atoms with van der Waals surface area (Å²) in [5.74, 6) is -0.221. The molecule has 5 nitrogen and oxygen atoms in total. The fraction of sp³-hybridized carbons (Fsp3) is 0.867. The Morgan fingerprint density at radius 1 is 1.05 bits per heavy atom. The van der Waals surface area contributed by atoms with E-state index in [9.17, 15) is 9.59 Å². The highest BCUT2D eigenvalue weighted by Gasteiger charge is 2.18. The molecular formula is C15H30N2O3. The van der Waals surface area contributed by atoms with Crippen LogP contribution in [0, 0.1) is 5.92 Å². The van der Waals surface area contributed by atoms with Crippen molar-refractivity contribution in [3.05, 3.63) is 0 Å². The second-order valence-corrected chi connectivity index (χ2v) is 5.68. The molecule has 0 aromatic carbocycles.